The molecule has 0 fully saturated rings. The second kappa shape index (κ2) is 16.8. The van der Waals surface area contributed by atoms with E-state index in [2.05, 4.69) is 30.5 Å². The molecule has 2 aromatic rings. The normalized spacial score (nSPS) is 13.6. The minimum absolute atomic E-state index is 0.0360. The van der Waals surface area contributed by atoms with E-state index in [0.29, 0.717) is 22.9 Å². The largest absolute Gasteiger partial charge is 0.434 e. The average molecular weight is 541 g/mol. The van der Waals surface area contributed by atoms with Crippen molar-refractivity contribution in [2.45, 2.75) is 85.9 Å². The summed E-state index contributed by atoms with van der Waals surface area (Å²) in [5, 5.41) is 0. The Balaban J connectivity index is 0.000000510. The van der Waals surface area contributed by atoms with Crippen molar-refractivity contribution in [3.05, 3.63) is 70.8 Å². The first-order valence-electron chi connectivity index (χ1n) is 13.3. The third-order valence-electron chi connectivity index (χ3n) is 6.08. The molecule has 0 saturated carbocycles. The Morgan fingerprint density at radius 1 is 0.947 bits per heavy atom. The van der Waals surface area contributed by atoms with Crippen molar-refractivity contribution in [3.8, 4) is 5.75 Å². The lowest BCUT2D eigenvalue weighted by Gasteiger charge is -2.17. The number of unbranched alkanes of at least 4 members (excludes halogenated alkanes) is 3. The summed E-state index contributed by atoms with van der Waals surface area (Å²) >= 11 is 0. The van der Waals surface area contributed by atoms with Gasteiger partial charge in [-0.05, 0) is 30.2 Å². The second-order valence-corrected chi connectivity index (χ2v) is 8.84. The smallest absolute Gasteiger partial charge is 0.416 e. The Morgan fingerprint density at radius 3 is 2.18 bits per heavy atom. The Bertz CT molecular complexity index is 1030. The number of nitrogens with zero attached hydrogens (tertiary/aromatic N) is 1. The van der Waals surface area contributed by atoms with Gasteiger partial charge in [-0.25, -0.2) is 0 Å². The van der Waals surface area contributed by atoms with Crippen LogP contribution in [0.1, 0.15) is 95.4 Å². The van der Waals surface area contributed by atoms with Crippen LogP contribution in [0.15, 0.2) is 53.5 Å². The van der Waals surface area contributed by atoms with Gasteiger partial charge in [-0.2, -0.15) is 22.0 Å². The predicted octanol–water partition coefficient (Wildman–Crippen LogP) is 9.49. The number of halogens is 5. The zero-order valence-corrected chi connectivity index (χ0v) is 23.0. The zero-order chi connectivity index (χ0) is 28.7. The van der Waals surface area contributed by atoms with Gasteiger partial charge in [-0.1, -0.05) is 97.4 Å². The van der Waals surface area contributed by atoms with Crippen LogP contribution in [0.4, 0.5) is 22.0 Å². The fourth-order valence-corrected chi connectivity index (χ4v) is 3.81. The molecular formula is C30H41F5N2O. The van der Waals surface area contributed by atoms with Crippen molar-refractivity contribution < 1.29 is 26.7 Å². The van der Waals surface area contributed by atoms with Gasteiger partial charge < -0.3 is 10.5 Å². The number of aliphatic imine (C=N–C) groups is 1. The summed E-state index contributed by atoms with van der Waals surface area (Å²) in [7, 11) is 0. The molecule has 0 aromatic heterocycles. The summed E-state index contributed by atoms with van der Waals surface area (Å²) in [6, 6.07) is 9.27. The van der Waals surface area contributed by atoms with Crippen LogP contribution in [0.2, 0.25) is 0 Å². The Morgan fingerprint density at radius 2 is 1.61 bits per heavy atom. The molecule has 38 heavy (non-hydrogen) atoms. The first-order chi connectivity index (χ1) is 18.1. The molecular weight excluding hydrogens is 499 g/mol. The van der Waals surface area contributed by atoms with Crippen LogP contribution in [0.25, 0.3) is 5.70 Å². The number of rotatable bonds is 9. The highest BCUT2D eigenvalue weighted by Gasteiger charge is 2.32. The van der Waals surface area contributed by atoms with Crippen molar-refractivity contribution in [2.75, 3.05) is 6.54 Å². The standard InChI is InChI=1S/C18H13F5N2O.C10H22.C2H6/c19-17(20)26-15-9-10(18(21,22)23)5-6-13(15)16-12-4-2-1-3-11(12)14(24)7-8-25-16;1-4-6-7-8-9-10(3)5-2;1-2/h1-7,9,17H,8,24H2;10H,4-9H2,1-3H3;1-2H3. The molecule has 1 heterocycles. The summed E-state index contributed by atoms with van der Waals surface area (Å²) in [4.78, 5) is 4.30. The molecule has 1 aliphatic heterocycles. The highest BCUT2D eigenvalue weighted by molar-refractivity contribution is 6.17. The van der Waals surface area contributed by atoms with Gasteiger partial charge in [0.1, 0.15) is 5.75 Å². The molecule has 0 amide bonds. The molecule has 1 unspecified atom stereocenters. The van der Waals surface area contributed by atoms with Gasteiger partial charge in [0.25, 0.3) is 0 Å². The summed E-state index contributed by atoms with van der Waals surface area (Å²) < 4.78 is 68.7. The lowest BCUT2D eigenvalue weighted by Crippen LogP contribution is -2.14. The van der Waals surface area contributed by atoms with E-state index in [-0.39, 0.29) is 17.8 Å². The van der Waals surface area contributed by atoms with Crippen LogP contribution in [-0.2, 0) is 6.18 Å². The maximum Gasteiger partial charge on any atom is 0.416 e. The van der Waals surface area contributed by atoms with Crippen molar-refractivity contribution in [3.63, 3.8) is 0 Å². The van der Waals surface area contributed by atoms with Crippen LogP contribution in [0, 0.1) is 5.92 Å². The molecule has 1 atom stereocenters. The Hall–Kier alpha value is -2.90. The first-order valence-corrected chi connectivity index (χ1v) is 13.3. The van der Waals surface area contributed by atoms with Gasteiger partial charge in [0.2, 0.25) is 0 Å². The maximum absolute atomic E-state index is 12.9. The minimum Gasteiger partial charge on any atom is -0.434 e. The van der Waals surface area contributed by atoms with Gasteiger partial charge in [0.15, 0.2) is 0 Å². The van der Waals surface area contributed by atoms with E-state index in [4.69, 9.17) is 5.73 Å². The molecule has 212 valence electrons. The molecule has 0 saturated heterocycles. The Labute approximate surface area is 224 Å². The molecule has 0 spiro atoms. The lowest BCUT2D eigenvalue weighted by molar-refractivity contribution is -0.138. The molecule has 0 aliphatic carbocycles. The van der Waals surface area contributed by atoms with Crippen LogP contribution in [0.5, 0.6) is 5.75 Å². The predicted molar refractivity (Wildman–Crippen MR) is 147 cm³/mol. The van der Waals surface area contributed by atoms with Gasteiger partial charge >= 0.3 is 12.8 Å². The van der Waals surface area contributed by atoms with Crippen molar-refractivity contribution in [1.29, 1.82) is 0 Å². The van der Waals surface area contributed by atoms with Crippen LogP contribution < -0.4 is 10.5 Å². The summed E-state index contributed by atoms with van der Waals surface area (Å²) in [5.74, 6) is 0.362. The lowest BCUT2D eigenvalue weighted by atomic mass is 9.95. The van der Waals surface area contributed by atoms with Crippen LogP contribution >= 0.6 is 0 Å². The van der Waals surface area contributed by atoms with Crippen molar-refractivity contribution in [1.82, 2.24) is 0 Å². The highest BCUT2D eigenvalue weighted by atomic mass is 19.4. The van der Waals surface area contributed by atoms with E-state index >= 15 is 0 Å². The number of fused-ring (bicyclic) bond motifs is 1. The van der Waals surface area contributed by atoms with E-state index in [1.807, 2.05) is 13.8 Å². The van der Waals surface area contributed by atoms with Gasteiger partial charge in [-0.15, -0.1) is 0 Å². The number of alkyl halides is 5. The van der Waals surface area contributed by atoms with Crippen molar-refractivity contribution in [2.24, 2.45) is 16.6 Å². The van der Waals surface area contributed by atoms with Gasteiger partial charge in [0, 0.05) is 22.4 Å². The zero-order valence-electron chi connectivity index (χ0n) is 23.0. The number of benzene rings is 2. The fourth-order valence-electron chi connectivity index (χ4n) is 3.81. The van der Waals surface area contributed by atoms with Gasteiger partial charge in [0.05, 0.1) is 17.8 Å². The number of hydrogen-bond donors (Lipinski definition) is 1. The molecule has 2 aromatic carbocycles. The van der Waals surface area contributed by atoms with Crippen LogP contribution in [0.3, 0.4) is 0 Å². The first kappa shape index (κ1) is 33.1. The molecule has 0 radical (unpaired) electrons. The quantitative estimate of drug-likeness (QED) is 0.254. The third kappa shape index (κ3) is 10.5. The molecule has 3 rings (SSSR count). The number of ether oxygens (including phenoxy) is 1. The van der Waals surface area contributed by atoms with Crippen LogP contribution in [-0.4, -0.2) is 18.9 Å². The molecule has 3 nitrogen and oxygen atoms in total. The van der Waals surface area contributed by atoms with Gasteiger partial charge in [-0.3, -0.25) is 4.99 Å². The topological polar surface area (TPSA) is 47.6 Å². The molecule has 0 bridgehead atoms. The third-order valence-corrected chi connectivity index (χ3v) is 6.08. The number of hydrogen-bond acceptors (Lipinski definition) is 3. The molecule has 1 aliphatic rings. The molecule has 8 heteroatoms. The SMILES string of the molecule is CC.CCCCCCC(C)CC.NC1=CCN=C(c2ccc(C(F)(F)F)cc2OC(F)F)c2ccccc21. The van der Waals surface area contributed by atoms with E-state index in [1.165, 1.54) is 38.5 Å². The maximum atomic E-state index is 12.9. The fraction of sp³-hybridized carbons (Fsp3) is 0.500. The average Bonchev–Trinajstić information content (AvgIpc) is 3.06. The monoisotopic (exact) mass is 540 g/mol. The summed E-state index contributed by atoms with van der Waals surface area (Å²) in [6.45, 7) is 7.78. The second-order valence-electron chi connectivity index (χ2n) is 8.84. The highest BCUT2D eigenvalue weighted by Crippen LogP contribution is 2.35. The molecule has 2 N–H and O–H groups in total. The number of nitrogens with two attached hydrogens (primary N) is 1. The van der Waals surface area contributed by atoms with E-state index in [1.54, 1.807) is 30.3 Å². The Kier molecular flexibility index (Phi) is 14.7. The van der Waals surface area contributed by atoms with E-state index < -0.39 is 24.1 Å². The summed E-state index contributed by atoms with van der Waals surface area (Å²) in [5.41, 5.74) is 6.75. The summed E-state index contributed by atoms with van der Waals surface area (Å²) in [6.07, 6.45) is 5.43. The van der Waals surface area contributed by atoms with E-state index in [0.717, 1.165) is 18.1 Å². The minimum atomic E-state index is -4.69. The van der Waals surface area contributed by atoms with Crippen molar-refractivity contribution >= 4 is 11.4 Å². The van der Waals surface area contributed by atoms with E-state index in [9.17, 15) is 22.0 Å².